The van der Waals surface area contributed by atoms with Gasteiger partial charge in [-0.15, -0.1) is 0 Å². The summed E-state index contributed by atoms with van der Waals surface area (Å²) in [4.78, 5) is 17.1. The van der Waals surface area contributed by atoms with E-state index in [9.17, 15) is 4.79 Å². The van der Waals surface area contributed by atoms with Crippen molar-refractivity contribution >= 4 is 17.4 Å². The topological polar surface area (TPSA) is 50.7 Å². The minimum absolute atomic E-state index is 0.0506. The lowest BCUT2D eigenvalue weighted by molar-refractivity contribution is -0.122. The van der Waals surface area contributed by atoms with E-state index in [1.54, 1.807) is 7.11 Å². The molecule has 1 fully saturated rings. The molecule has 0 saturated heterocycles. The van der Waals surface area contributed by atoms with Crippen LogP contribution in [0.5, 0.6) is 0 Å². The van der Waals surface area contributed by atoms with Crippen molar-refractivity contribution in [1.29, 1.82) is 0 Å². The number of carbonyl (C=O) groups is 1. The van der Waals surface area contributed by atoms with E-state index in [1.807, 2.05) is 18.2 Å². The number of carbonyl (C=O) groups excluding carboxylic acids is 1. The van der Waals surface area contributed by atoms with Crippen molar-refractivity contribution in [3.63, 3.8) is 0 Å². The molecule has 1 heterocycles. The van der Waals surface area contributed by atoms with Gasteiger partial charge in [-0.1, -0.05) is 25.1 Å². The van der Waals surface area contributed by atoms with Gasteiger partial charge in [-0.3, -0.25) is 4.79 Å². The summed E-state index contributed by atoms with van der Waals surface area (Å²) in [6.07, 6.45) is 5.08. The molecule has 1 unspecified atom stereocenters. The molecular weight excluding hydrogens is 288 g/mol. The number of amides is 1. The third-order valence-electron chi connectivity index (χ3n) is 5.14. The molecule has 0 spiro atoms. The van der Waals surface area contributed by atoms with Gasteiger partial charge in [0.2, 0.25) is 5.91 Å². The molecule has 1 aliphatic carbocycles. The van der Waals surface area contributed by atoms with Gasteiger partial charge in [0.25, 0.3) is 0 Å². The fourth-order valence-corrected chi connectivity index (χ4v) is 3.64. The summed E-state index contributed by atoms with van der Waals surface area (Å²) >= 11 is 0. The number of rotatable bonds is 4. The lowest BCUT2D eigenvalue weighted by Gasteiger charge is -2.23. The normalized spacial score (nSPS) is 28.4. The van der Waals surface area contributed by atoms with Crippen LogP contribution in [0.3, 0.4) is 0 Å². The first-order chi connectivity index (χ1) is 11.2. The molecule has 3 rings (SSSR count). The number of aliphatic imine (C=N–C) groups is 1. The van der Waals surface area contributed by atoms with Gasteiger partial charge in [0, 0.05) is 31.2 Å². The molecule has 1 aromatic rings. The summed E-state index contributed by atoms with van der Waals surface area (Å²) in [7, 11) is 1.71. The molecule has 1 atom stereocenters. The minimum atomic E-state index is 0.0506. The molecule has 0 bridgehead atoms. The Hall–Kier alpha value is -1.68. The number of amidine groups is 1. The summed E-state index contributed by atoms with van der Waals surface area (Å²) in [6, 6.07) is 8.20. The Kier molecular flexibility index (Phi) is 5.11. The number of nitrogens with zero attached hydrogens (tertiary/aromatic N) is 1. The van der Waals surface area contributed by atoms with Gasteiger partial charge >= 0.3 is 0 Å². The average Bonchev–Trinajstić information content (AvgIpc) is 2.90. The standard InChI is InChI=1S/C19H26N2O2/c1-13-7-9-14(10-8-13)19(22)21-18-16(11-12-23-2)15-5-3-4-6-17(15)20-18/h3-6,13-14,16H,7-12H2,1-2H3,(H,20,21,22). The maximum atomic E-state index is 12.6. The molecule has 0 aromatic heterocycles. The number of methoxy groups -OCH3 is 1. The predicted molar refractivity (Wildman–Crippen MR) is 92.9 cm³/mol. The Morgan fingerprint density at radius 3 is 2.74 bits per heavy atom. The summed E-state index contributed by atoms with van der Waals surface area (Å²) in [5.74, 6) is 1.83. The largest absolute Gasteiger partial charge is 0.385 e. The fourth-order valence-electron chi connectivity index (χ4n) is 3.64. The molecule has 1 aromatic carbocycles. The predicted octanol–water partition coefficient (Wildman–Crippen LogP) is 3.98. The summed E-state index contributed by atoms with van der Waals surface area (Å²) < 4.78 is 5.23. The second-order valence-electron chi connectivity index (χ2n) is 6.84. The zero-order valence-electron chi connectivity index (χ0n) is 14.0. The van der Waals surface area contributed by atoms with Gasteiger partial charge in [0.05, 0.1) is 0 Å². The molecule has 1 N–H and O–H groups in total. The zero-order valence-corrected chi connectivity index (χ0v) is 14.0. The van der Waals surface area contributed by atoms with Crippen LogP contribution in [0.2, 0.25) is 0 Å². The Labute approximate surface area is 138 Å². The van der Waals surface area contributed by atoms with Crippen LogP contribution >= 0.6 is 0 Å². The van der Waals surface area contributed by atoms with Crippen molar-refractivity contribution < 1.29 is 9.53 Å². The van der Waals surface area contributed by atoms with Crippen LogP contribution in [0, 0.1) is 11.8 Å². The van der Waals surface area contributed by atoms with Gasteiger partial charge in [-0.05, 0) is 49.7 Å². The van der Waals surface area contributed by atoms with E-state index in [1.165, 1.54) is 5.56 Å². The zero-order chi connectivity index (χ0) is 16.2. The molecular formula is C19H26N2O2. The van der Waals surface area contributed by atoms with E-state index in [0.717, 1.165) is 49.5 Å². The molecule has 0 radical (unpaired) electrons. The van der Waals surface area contributed by atoms with Crippen LogP contribution in [0.15, 0.2) is 29.3 Å². The van der Waals surface area contributed by atoms with Crippen molar-refractivity contribution in [2.75, 3.05) is 19.0 Å². The molecule has 4 nitrogen and oxygen atoms in total. The number of ether oxygens (including phenoxy) is 1. The Morgan fingerprint density at radius 1 is 1.26 bits per heavy atom. The highest BCUT2D eigenvalue weighted by atomic mass is 16.5. The molecule has 1 aliphatic heterocycles. The quantitative estimate of drug-likeness (QED) is 0.914. The Bertz CT molecular complexity index is 589. The van der Waals surface area contributed by atoms with E-state index >= 15 is 0 Å². The summed E-state index contributed by atoms with van der Waals surface area (Å²) in [5, 5.41) is 3.35. The Balaban J connectivity index is 1.76. The van der Waals surface area contributed by atoms with Crippen molar-refractivity contribution in [3.05, 3.63) is 29.8 Å². The summed E-state index contributed by atoms with van der Waals surface area (Å²) in [5.41, 5.74) is 2.28. The first kappa shape index (κ1) is 16.2. The third kappa shape index (κ3) is 3.63. The van der Waals surface area contributed by atoms with Crippen LogP contribution in [-0.4, -0.2) is 25.5 Å². The lowest BCUT2D eigenvalue weighted by Crippen LogP contribution is -2.23. The number of nitrogens with one attached hydrogen (secondary N) is 1. The fraction of sp³-hybridized carbons (Fsp3) is 0.579. The summed E-state index contributed by atoms with van der Waals surface area (Å²) in [6.45, 7) is 2.93. The smallest absolute Gasteiger partial charge is 0.250 e. The second kappa shape index (κ2) is 7.26. The van der Waals surface area contributed by atoms with Crippen LogP contribution in [0.4, 0.5) is 5.69 Å². The van der Waals surface area contributed by atoms with E-state index in [-0.39, 0.29) is 17.7 Å². The van der Waals surface area contributed by atoms with Crippen molar-refractivity contribution in [1.82, 2.24) is 0 Å². The Morgan fingerprint density at radius 2 is 2.00 bits per heavy atom. The second-order valence-corrected chi connectivity index (χ2v) is 6.84. The highest BCUT2D eigenvalue weighted by molar-refractivity contribution is 6.11. The maximum absolute atomic E-state index is 12.6. The van der Waals surface area contributed by atoms with Gasteiger partial charge in [0.1, 0.15) is 5.84 Å². The van der Waals surface area contributed by atoms with Crippen LogP contribution in [0.25, 0.3) is 0 Å². The first-order valence-corrected chi connectivity index (χ1v) is 8.66. The van der Waals surface area contributed by atoms with Crippen LogP contribution in [-0.2, 0) is 9.53 Å². The van der Waals surface area contributed by atoms with Crippen molar-refractivity contribution in [2.45, 2.75) is 44.9 Å². The van der Waals surface area contributed by atoms with Crippen molar-refractivity contribution in [3.8, 4) is 0 Å². The molecule has 4 heteroatoms. The third-order valence-corrected chi connectivity index (χ3v) is 5.14. The highest BCUT2D eigenvalue weighted by Crippen LogP contribution is 2.36. The van der Waals surface area contributed by atoms with E-state index < -0.39 is 0 Å². The number of fused-ring (bicyclic) bond motifs is 1. The van der Waals surface area contributed by atoms with Gasteiger partial charge in [-0.25, -0.2) is 0 Å². The van der Waals surface area contributed by atoms with Gasteiger partial charge in [0.15, 0.2) is 0 Å². The lowest BCUT2D eigenvalue weighted by atomic mass is 9.82. The monoisotopic (exact) mass is 314 g/mol. The molecule has 124 valence electrons. The van der Waals surface area contributed by atoms with E-state index in [2.05, 4.69) is 23.3 Å². The van der Waals surface area contributed by atoms with E-state index in [0.29, 0.717) is 6.61 Å². The average molecular weight is 314 g/mol. The van der Waals surface area contributed by atoms with Crippen LogP contribution < -0.4 is 5.32 Å². The molecule has 1 amide bonds. The molecule has 2 aliphatic rings. The number of hydrogen-bond acceptors (Lipinski definition) is 2. The van der Waals surface area contributed by atoms with Gasteiger partial charge in [-0.2, -0.15) is 4.99 Å². The first-order valence-electron chi connectivity index (χ1n) is 8.66. The van der Waals surface area contributed by atoms with Crippen molar-refractivity contribution in [2.24, 2.45) is 16.8 Å². The minimum Gasteiger partial charge on any atom is -0.385 e. The molecule has 1 saturated carbocycles. The van der Waals surface area contributed by atoms with Gasteiger partial charge < -0.3 is 10.1 Å². The number of anilines is 1. The van der Waals surface area contributed by atoms with Crippen LogP contribution in [0.1, 0.15) is 50.5 Å². The number of para-hydroxylation sites is 1. The number of benzene rings is 1. The highest BCUT2D eigenvalue weighted by Gasteiger charge is 2.30. The SMILES string of the molecule is COCCC1C(=NC(=O)C2CCC(C)CC2)Nc2ccccc21. The molecule has 23 heavy (non-hydrogen) atoms. The number of hydrogen-bond donors (Lipinski definition) is 1. The van der Waals surface area contributed by atoms with E-state index in [4.69, 9.17) is 4.74 Å². The maximum Gasteiger partial charge on any atom is 0.250 e.